The smallest absolute Gasteiger partial charge is 0.243 e. The highest BCUT2D eigenvalue weighted by atomic mass is 32.2. The molecule has 0 saturated heterocycles. The molecule has 3 aromatic rings. The lowest BCUT2D eigenvalue weighted by molar-refractivity contribution is 0.318. The molecule has 0 spiro atoms. The third-order valence-electron chi connectivity index (χ3n) is 4.63. The van der Waals surface area contributed by atoms with E-state index in [1.165, 1.54) is 15.6 Å². The minimum atomic E-state index is -3.54. The van der Waals surface area contributed by atoms with Gasteiger partial charge in [-0.2, -0.15) is 9.41 Å². The lowest BCUT2D eigenvalue weighted by Crippen LogP contribution is -2.30. The van der Waals surface area contributed by atoms with E-state index in [1.54, 1.807) is 42.6 Å². The van der Waals surface area contributed by atoms with Crippen molar-refractivity contribution in [3.05, 3.63) is 53.4 Å². The minimum absolute atomic E-state index is 0.0757. The Morgan fingerprint density at radius 3 is 2.69 bits per heavy atom. The summed E-state index contributed by atoms with van der Waals surface area (Å²) in [6, 6.07) is 11.7. The van der Waals surface area contributed by atoms with E-state index in [4.69, 9.17) is 4.74 Å². The van der Waals surface area contributed by atoms with Crippen LogP contribution in [0.2, 0.25) is 0 Å². The van der Waals surface area contributed by atoms with Crippen molar-refractivity contribution in [2.24, 2.45) is 5.10 Å². The number of anilines is 1. The van der Waals surface area contributed by atoms with Crippen LogP contribution < -0.4 is 10.2 Å². The highest BCUT2D eigenvalue weighted by molar-refractivity contribution is 7.89. The maximum Gasteiger partial charge on any atom is 0.243 e. The molecule has 0 radical (unpaired) electrons. The van der Waals surface area contributed by atoms with Gasteiger partial charge in [-0.05, 0) is 42.8 Å². The molecular weight excluding hydrogens is 448 g/mol. The van der Waals surface area contributed by atoms with Crippen LogP contribution in [0.15, 0.2) is 57.8 Å². The third kappa shape index (κ3) is 5.45. The molecule has 2 aromatic carbocycles. The Bertz CT molecular complexity index is 1190. The molecule has 8 nitrogen and oxygen atoms in total. The number of phenols is 1. The second-order valence-corrected chi connectivity index (χ2v) is 9.48. The molecule has 0 bridgehead atoms. The number of thiazole rings is 1. The standard InChI is InChI=1S/C22H26N4O4S2/c1-4-26(5-2)32(28,29)18-9-7-8-17(13-18)19-15-31-22(24-19)25-23-14-16-10-11-20(27)21(12-16)30-6-3/h7-15,27H,4-6H2,1-3H3,(H,24,25)/b23-14+. The van der Waals surface area contributed by atoms with Gasteiger partial charge in [-0.15, -0.1) is 11.3 Å². The molecule has 10 heteroatoms. The van der Waals surface area contributed by atoms with Gasteiger partial charge in [0.25, 0.3) is 0 Å². The molecule has 1 aromatic heterocycles. The summed E-state index contributed by atoms with van der Waals surface area (Å²) >= 11 is 1.36. The predicted octanol–water partition coefficient (Wildman–Crippen LogP) is 4.39. The number of hydrogen-bond acceptors (Lipinski definition) is 8. The molecule has 170 valence electrons. The van der Waals surface area contributed by atoms with Gasteiger partial charge in [-0.1, -0.05) is 26.0 Å². The molecule has 0 aliphatic rings. The maximum absolute atomic E-state index is 12.8. The van der Waals surface area contributed by atoms with Crippen LogP contribution >= 0.6 is 11.3 Å². The van der Waals surface area contributed by atoms with Gasteiger partial charge < -0.3 is 9.84 Å². The zero-order chi connectivity index (χ0) is 23.1. The first-order valence-electron chi connectivity index (χ1n) is 10.2. The summed E-state index contributed by atoms with van der Waals surface area (Å²) in [5, 5.41) is 16.4. The van der Waals surface area contributed by atoms with Crippen molar-refractivity contribution in [1.82, 2.24) is 9.29 Å². The van der Waals surface area contributed by atoms with E-state index in [0.29, 0.717) is 41.8 Å². The quantitative estimate of drug-likeness (QED) is 0.334. The van der Waals surface area contributed by atoms with Crippen molar-refractivity contribution in [3.63, 3.8) is 0 Å². The number of rotatable bonds is 10. The molecule has 0 saturated carbocycles. The van der Waals surface area contributed by atoms with Gasteiger partial charge in [0, 0.05) is 24.0 Å². The Balaban J connectivity index is 1.74. The van der Waals surface area contributed by atoms with Crippen LogP contribution in [0, 0.1) is 0 Å². The van der Waals surface area contributed by atoms with Gasteiger partial charge in [0.15, 0.2) is 11.5 Å². The Morgan fingerprint density at radius 1 is 1.19 bits per heavy atom. The zero-order valence-corrected chi connectivity index (χ0v) is 19.8. The molecule has 0 fully saturated rings. The van der Waals surface area contributed by atoms with Crippen molar-refractivity contribution >= 4 is 32.7 Å². The number of ether oxygens (including phenoxy) is 1. The van der Waals surface area contributed by atoms with Gasteiger partial charge in [-0.25, -0.2) is 13.4 Å². The van der Waals surface area contributed by atoms with Crippen LogP contribution in [-0.2, 0) is 10.0 Å². The van der Waals surface area contributed by atoms with Gasteiger partial charge >= 0.3 is 0 Å². The first kappa shape index (κ1) is 23.7. The monoisotopic (exact) mass is 474 g/mol. The molecule has 0 aliphatic carbocycles. The van der Waals surface area contributed by atoms with Crippen molar-refractivity contribution in [2.75, 3.05) is 25.1 Å². The van der Waals surface area contributed by atoms with Crippen LogP contribution in [-0.4, -0.2) is 48.7 Å². The molecule has 1 heterocycles. The van der Waals surface area contributed by atoms with Crippen LogP contribution in [0.25, 0.3) is 11.3 Å². The lowest BCUT2D eigenvalue weighted by atomic mass is 10.2. The van der Waals surface area contributed by atoms with E-state index in [-0.39, 0.29) is 10.6 Å². The molecule has 0 atom stereocenters. The van der Waals surface area contributed by atoms with Crippen molar-refractivity contribution in [1.29, 1.82) is 0 Å². The fraction of sp³-hybridized carbons (Fsp3) is 0.273. The lowest BCUT2D eigenvalue weighted by Gasteiger charge is -2.18. The topological polar surface area (TPSA) is 104 Å². The Morgan fingerprint density at radius 2 is 1.97 bits per heavy atom. The van der Waals surface area contributed by atoms with E-state index >= 15 is 0 Å². The molecule has 2 N–H and O–H groups in total. The van der Waals surface area contributed by atoms with Crippen LogP contribution in [0.4, 0.5) is 5.13 Å². The summed E-state index contributed by atoms with van der Waals surface area (Å²) in [6.07, 6.45) is 1.60. The average molecular weight is 475 g/mol. The van der Waals surface area contributed by atoms with Gasteiger partial charge in [0.05, 0.1) is 23.4 Å². The second-order valence-electron chi connectivity index (χ2n) is 6.69. The van der Waals surface area contributed by atoms with Crippen molar-refractivity contribution in [2.45, 2.75) is 25.7 Å². The van der Waals surface area contributed by atoms with Crippen LogP contribution in [0.3, 0.4) is 0 Å². The minimum Gasteiger partial charge on any atom is -0.504 e. The number of nitrogens with one attached hydrogen (secondary N) is 1. The number of phenolic OH excluding ortho intramolecular Hbond substituents is 1. The molecule has 0 aliphatic heterocycles. The fourth-order valence-electron chi connectivity index (χ4n) is 3.03. The van der Waals surface area contributed by atoms with E-state index in [1.807, 2.05) is 32.2 Å². The SMILES string of the molecule is CCOc1cc(/C=N/Nc2nc(-c3cccc(S(=O)(=O)N(CC)CC)c3)cs2)ccc1O. The number of hydrogen-bond donors (Lipinski definition) is 2. The van der Waals surface area contributed by atoms with Gasteiger partial charge in [0.2, 0.25) is 15.2 Å². The Kier molecular flexibility index (Phi) is 7.84. The summed E-state index contributed by atoms with van der Waals surface area (Å²) in [5.74, 6) is 0.472. The van der Waals surface area contributed by atoms with Crippen molar-refractivity contribution in [3.8, 4) is 22.8 Å². The molecular formula is C22H26N4O4S2. The van der Waals surface area contributed by atoms with Gasteiger partial charge in [-0.3, -0.25) is 5.43 Å². The van der Waals surface area contributed by atoms with Crippen LogP contribution in [0.1, 0.15) is 26.3 Å². The number of benzene rings is 2. The summed E-state index contributed by atoms with van der Waals surface area (Å²) in [4.78, 5) is 4.75. The van der Waals surface area contributed by atoms with E-state index in [9.17, 15) is 13.5 Å². The van der Waals surface area contributed by atoms with Gasteiger partial charge in [0.1, 0.15) is 0 Å². The zero-order valence-electron chi connectivity index (χ0n) is 18.1. The summed E-state index contributed by atoms with van der Waals surface area (Å²) in [5.41, 5.74) is 5.01. The average Bonchev–Trinajstić information content (AvgIpc) is 3.26. The number of aromatic hydroxyl groups is 1. The molecule has 0 unspecified atom stereocenters. The number of sulfonamides is 1. The summed E-state index contributed by atoms with van der Waals surface area (Å²) in [7, 11) is -3.54. The normalized spacial score (nSPS) is 11.9. The maximum atomic E-state index is 12.8. The molecule has 32 heavy (non-hydrogen) atoms. The number of aromatic nitrogens is 1. The Labute approximate surface area is 192 Å². The highest BCUT2D eigenvalue weighted by Crippen LogP contribution is 2.28. The first-order chi connectivity index (χ1) is 15.4. The first-order valence-corrected chi connectivity index (χ1v) is 12.5. The molecule has 0 amide bonds. The second kappa shape index (κ2) is 10.6. The summed E-state index contributed by atoms with van der Waals surface area (Å²) < 4.78 is 32.4. The van der Waals surface area contributed by atoms with E-state index in [2.05, 4.69) is 15.5 Å². The van der Waals surface area contributed by atoms with Crippen molar-refractivity contribution < 1.29 is 18.3 Å². The van der Waals surface area contributed by atoms with E-state index in [0.717, 1.165) is 5.56 Å². The predicted molar refractivity (Wildman–Crippen MR) is 128 cm³/mol. The largest absolute Gasteiger partial charge is 0.504 e. The molecule has 3 rings (SSSR count). The van der Waals surface area contributed by atoms with Crippen LogP contribution in [0.5, 0.6) is 11.5 Å². The summed E-state index contributed by atoms with van der Waals surface area (Å²) in [6.45, 7) is 6.76. The third-order valence-corrected chi connectivity index (χ3v) is 7.43. The highest BCUT2D eigenvalue weighted by Gasteiger charge is 2.22. The number of nitrogens with zero attached hydrogens (tertiary/aromatic N) is 3. The Hall–Kier alpha value is -2.95. The van der Waals surface area contributed by atoms with E-state index < -0.39 is 10.0 Å². The number of hydrazone groups is 1. The fourth-order valence-corrected chi connectivity index (χ4v) is 5.20.